The first-order valence-electron chi connectivity index (χ1n) is 6.60. The molecule has 0 bridgehead atoms. The zero-order valence-electron chi connectivity index (χ0n) is 11.6. The molecule has 0 aliphatic heterocycles. The van der Waals surface area contributed by atoms with Crippen LogP contribution < -0.4 is 15.6 Å². The van der Waals surface area contributed by atoms with E-state index in [9.17, 15) is 4.79 Å². The van der Waals surface area contributed by atoms with Crippen molar-refractivity contribution < 1.29 is 4.74 Å². The third kappa shape index (κ3) is 3.34. The molecule has 2 N–H and O–H groups in total. The van der Waals surface area contributed by atoms with Crippen LogP contribution in [-0.2, 0) is 0 Å². The number of aromatic amines is 1. The number of H-pyrrole nitrogens is 1. The van der Waals surface area contributed by atoms with Gasteiger partial charge in [0.15, 0.2) is 5.69 Å². The summed E-state index contributed by atoms with van der Waals surface area (Å²) in [5.74, 6) is 1.14. The minimum atomic E-state index is -0.260. The van der Waals surface area contributed by atoms with E-state index >= 15 is 0 Å². The van der Waals surface area contributed by atoms with E-state index in [1.54, 1.807) is 31.4 Å². The lowest BCUT2D eigenvalue weighted by Crippen LogP contribution is -2.17. The highest BCUT2D eigenvalue weighted by Gasteiger charge is 2.07. The van der Waals surface area contributed by atoms with Gasteiger partial charge in [0.05, 0.1) is 7.11 Å². The number of ether oxygens (including phenoxy) is 1. The van der Waals surface area contributed by atoms with Crippen molar-refractivity contribution in [2.45, 2.75) is 19.8 Å². The van der Waals surface area contributed by atoms with E-state index < -0.39 is 0 Å². The van der Waals surface area contributed by atoms with Gasteiger partial charge in [0.1, 0.15) is 5.75 Å². The van der Waals surface area contributed by atoms with Crippen LogP contribution in [0.5, 0.6) is 5.75 Å². The van der Waals surface area contributed by atoms with Crippen LogP contribution in [-0.4, -0.2) is 28.8 Å². The molecule has 2 rings (SSSR count). The van der Waals surface area contributed by atoms with Crippen LogP contribution in [0.4, 0.5) is 5.95 Å². The van der Waals surface area contributed by atoms with Crippen LogP contribution in [0, 0.1) is 0 Å². The lowest BCUT2D eigenvalue weighted by molar-refractivity contribution is 0.415. The van der Waals surface area contributed by atoms with Crippen molar-refractivity contribution in [2.75, 3.05) is 19.0 Å². The Morgan fingerprint density at radius 1 is 1.25 bits per heavy atom. The van der Waals surface area contributed by atoms with Crippen LogP contribution in [0.3, 0.4) is 0 Å². The summed E-state index contributed by atoms with van der Waals surface area (Å²) in [6.45, 7) is 2.87. The van der Waals surface area contributed by atoms with Gasteiger partial charge < -0.3 is 10.1 Å². The van der Waals surface area contributed by atoms with Gasteiger partial charge >= 0.3 is 0 Å². The molecule has 0 spiro atoms. The smallest absolute Gasteiger partial charge is 0.279 e. The topological polar surface area (TPSA) is 79.9 Å². The second kappa shape index (κ2) is 6.70. The first-order chi connectivity index (χ1) is 9.74. The standard InChI is InChI=1S/C14H18N4O2/c1-3-4-9-15-14-16-13(19)12(17-18-14)10-5-7-11(20-2)8-6-10/h5-8H,3-4,9H2,1-2H3,(H2,15,16,18,19). The maximum Gasteiger partial charge on any atom is 0.279 e. The van der Waals surface area contributed by atoms with E-state index in [1.807, 2.05) is 0 Å². The first kappa shape index (κ1) is 14.0. The molecule has 20 heavy (non-hydrogen) atoms. The third-order valence-corrected chi connectivity index (χ3v) is 2.88. The minimum absolute atomic E-state index is 0.260. The number of aromatic nitrogens is 3. The Morgan fingerprint density at radius 2 is 2.00 bits per heavy atom. The van der Waals surface area contributed by atoms with Gasteiger partial charge in [0.2, 0.25) is 5.95 Å². The highest BCUT2D eigenvalue weighted by atomic mass is 16.5. The molecule has 0 amide bonds. The predicted octanol–water partition coefficient (Wildman–Crippen LogP) is 2.05. The summed E-state index contributed by atoms with van der Waals surface area (Å²) in [6.07, 6.45) is 2.10. The Bertz CT molecular complexity index is 607. The summed E-state index contributed by atoms with van der Waals surface area (Å²) >= 11 is 0. The molecule has 0 unspecified atom stereocenters. The number of rotatable bonds is 6. The van der Waals surface area contributed by atoms with Gasteiger partial charge in [-0.1, -0.05) is 13.3 Å². The first-order valence-corrected chi connectivity index (χ1v) is 6.60. The molecule has 0 aliphatic rings. The van der Waals surface area contributed by atoms with E-state index in [4.69, 9.17) is 4.74 Å². The third-order valence-electron chi connectivity index (χ3n) is 2.88. The normalized spacial score (nSPS) is 10.3. The van der Waals surface area contributed by atoms with E-state index in [0.717, 1.165) is 25.1 Å². The van der Waals surface area contributed by atoms with Gasteiger partial charge in [-0.25, -0.2) is 0 Å². The number of hydrogen-bond acceptors (Lipinski definition) is 5. The molecular formula is C14H18N4O2. The predicted molar refractivity (Wildman–Crippen MR) is 78.0 cm³/mol. The zero-order valence-corrected chi connectivity index (χ0v) is 11.6. The fraction of sp³-hybridized carbons (Fsp3) is 0.357. The van der Waals surface area contributed by atoms with Gasteiger partial charge in [0.25, 0.3) is 5.56 Å². The molecule has 0 saturated carbocycles. The summed E-state index contributed by atoms with van der Waals surface area (Å²) in [5, 5.41) is 11.0. The van der Waals surface area contributed by atoms with Crippen LogP contribution in [0.25, 0.3) is 11.3 Å². The van der Waals surface area contributed by atoms with E-state index in [2.05, 4.69) is 27.4 Å². The second-order valence-electron chi connectivity index (χ2n) is 4.36. The van der Waals surface area contributed by atoms with Crippen molar-refractivity contribution in [3.8, 4) is 17.0 Å². The molecule has 1 heterocycles. The van der Waals surface area contributed by atoms with Gasteiger partial charge in [0, 0.05) is 12.1 Å². The number of anilines is 1. The van der Waals surface area contributed by atoms with Crippen LogP contribution >= 0.6 is 0 Å². The number of benzene rings is 1. The maximum atomic E-state index is 12.0. The fourth-order valence-electron chi connectivity index (χ4n) is 1.74. The lowest BCUT2D eigenvalue weighted by atomic mass is 10.1. The van der Waals surface area contributed by atoms with Gasteiger partial charge in [-0.3, -0.25) is 9.78 Å². The van der Waals surface area contributed by atoms with Crippen molar-refractivity contribution in [1.29, 1.82) is 0 Å². The Labute approximate surface area is 117 Å². The summed E-state index contributed by atoms with van der Waals surface area (Å²) in [7, 11) is 1.60. The van der Waals surface area contributed by atoms with Gasteiger partial charge in [-0.05, 0) is 30.7 Å². The van der Waals surface area contributed by atoms with Crippen molar-refractivity contribution in [1.82, 2.24) is 15.2 Å². The molecule has 0 saturated heterocycles. The largest absolute Gasteiger partial charge is 0.497 e. The molecule has 1 aromatic heterocycles. The number of nitrogens with one attached hydrogen (secondary N) is 2. The maximum absolute atomic E-state index is 12.0. The van der Waals surface area contributed by atoms with Crippen molar-refractivity contribution in [3.05, 3.63) is 34.6 Å². The molecule has 2 aromatic rings. The number of methoxy groups -OCH3 is 1. The fourth-order valence-corrected chi connectivity index (χ4v) is 1.74. The average Bonchev–Trinajstić information content (AvgIpc) is 2.48. The highest BCUT2D eigenvalue weighted by molar-refractivity contribution is 5.58. The Morgan fingerprint density at radius 3 is 2.60 bits per heavy atom. The molecule has 0 atom stereocenters. The summed E-state index contributed by atoms with van der Waals surface area (Å²) < 4.78 is 5.08. The van der Waals surface area contributed by atoms with Crippen molar-refractivity contribution in [3.63, 3.8) is 0 Å². The SMILES string of the molecule is CCCCNc1nnc(-c2ccc(OC)cc2)c(=O)[nH]1. The van der Waals surface area contributed by atoms with E-state index in [1.165, 1.54) is 0 Å². The summed E-state index contributed by atoms with van der Waals surface area (Å²) in [4.78, 5) is 14.7. The molecule has 0 radical (unpaired) electrons. The number of hydrogen-bond donors (Lipinski definition) is 2. The number of nitrogens with zero attached hydrogens (tertiary/aromatic N) is 2. The van der Waals surface area contributed by atoms with E-state index in [0.29, 0.717) is 17.2 Å². The molecule has 0 aliphatic carbocycles. The highest BCUT2D eigenvalue weighted by Crippen LogP contribution is 2.17. The monoisotopic (exact) mass is 274 g/mol. The second-order valence-corrected chi connectivity index (χ2v) is 4.36. The Kier molecular flexibility index (Phi) is 4.70. The molecule has 106 valence electrons. The number of unbranched alkanes of at least 4 members (excludes halogenated alkanes) is 1. The average molecular weight is 274 g/mol. The quantitative estimate of drug-likeness (QED) is 0.788. The van der Waals surface area contributed by atoms with Crippen LogP contribution in [0.15, 0.2) is 29.1 Å². The summed E-state index contributed by atoms with van der Waals surface area (Å²) in [6, 6.07) is 7.12. The molecule has 6 nitrogen and oxygen atoms in total. The Balaban J connectivity index is 2.18. The van der Waals surface area contributed by atoms with Crippen molar-refractivity contribution >= 4 is 5.95 Å². The molecule has 6 heteroatoms. The zero-order chi connectivity index (χ0) is 14.4. The Hall–Kier alpha value is -2.37. The van der Waals surface area contributed by atoms with Gasteiger partial charge in [-0.15, -0.1) is 10.2 Å². The van der Waals surface area contributed by atoms with Crippen molar-refractivity contribution in [2.24, 2.45) is 0 Å². The van der Waals surface area contributed by atoms with Gasteiger partial charge in [-0.2, -0.15) is 0 Å². The molecule has 0 fully saturated rings. The lowest BCUT2D eigenvalue weighted by Gasteiger charge is -2.05. The van der Waals surface area contributed by atoms with E-state index in [-0.39, 0.29) is 5.56 Å². The molecule has 1 aromatic carbocycles. The minimum Gasteiger partial charge on any atom is -0.497 e. The summed E-state index contributed by atoms with van der Waals surface area (Å²) in [5.41, 5.74) is 0.748. The van der Waals surface area contributed by atoms with Crippen LogP contribution in [0.1, 0.15) is 19.8 Å². The molecular weight excluding hydrogens is 256 g/mol. The van der Waals surface area contributed by atoms with Crippen LogP contribution in [0.2, 0.25) is 0 Å².